The van der Waals surface area contributed by atoms with E-state index in [-0.39, 0.29) is 11.8 Å². The van der Waals surface area contributed by atoms with Crippen LogP contribution in [0.5, 0.6) is 0 Å². The second-order valence-electron chi connectivity index (χ2n) is 4.50. The summed E-state index contributed by atoms with van der Waals surface area (Å²) in [5.74, 6) is -0.434. The fourth-order valence-corrected chi connectivity index (χ4v) is 4.09. The van der Waals surface area contributed by atoms with Crippen molar-refractivity contribution in [3.63, 3.8) is 0 Å². The largest absolute Gasteiger partial charge is 0.324 e. The number of rotatable bonds is 5. The van der Waals surface area contributed by atoms with Gasteiger partial charge < -0.3 is 10.6 Å². The monoisotopic (exact) mass is 402 g/mol. The first-order valence-corrected chi connectivity index (χ1v) is 9.48. The van der Waals surface area contributed by atoms with E-state index in [1.54, 1.807) is 24.3 Å². The van der Waals surface area contributed by atoms with Gasteiger partial charge in [-0.25, -0.2) is 9.97 Å². The van der Waals surface area contributed by atoms with Gasteiger partial charge in [-0.05, 0) is 45.9 Å². The van der Waals surface area contributed by atoms with Crippen LogP contribution in [0.4, 0.5) is 11.4 Å². The maximum absolute atomic E-state index is 11.3. The third-order valence-corrected chi connectivity index (χ3v) is 5.11. The molecule has 2 amide bonds. The molecule has 0 spiro atoms. The van der Waals surface area contributed by atoms with Crippen LogP contribution in [-0.4, -0.2) is 21.8 Å². The first-order chi connectivity index (χ1) is 11.3. The van der Waals surface area contributed by atoms with Crippen LogP contribution >= 0.6 is 44.8 Å². The van der Waals surface area contributed by atoms with E-state index in [4.69, 9.17) is 23.2 Å². The van der Waals surface area contributed by atoms with Gasteiger partial charge in [0.15, 0.2) is 0 Å². The number of amides is 2. The van der Waals surface area contributed by atoms with Gasteiger partial charge in [0.25, 0.3) is 0 Å². The van der Waals surface area contributed by atoms with E-state index in [1.165, 1.54) is 35.4 Å². The normalized spacial score (nSPS) is 10.3. The summed E-state index contributed by atoms with van der Waals surface area (Å²) in [6.07, 6.45) is 0. The van der Waals surface area contributed by atoms with E-state index in [9.17, 15) is 9.59 Å². The van der Waals surface area contributed by atoms with Crippen molar-refractivity contribution in [2.45, 2.75) is 23.9 Å². The molecule has 0 saturated carbocycles. The second-order valence-corrected chi connectivity index (χ2v) is 7.38. The number of halogens is 2. The lowest BCUT2D eigenvalue weighted by Crippen LogP contribution is -2.08. The molecule has 0 fully saturated rings. The molecule has 2 rings (SSSR count). The molecule has 0 atom stereocenters. The Morgan fingerprint density at radius 2 is 1.21 bits per heavy atom. The van der Waals surface area contributed by atoms with Crippen LogP contribution in [0.2, 0.25) is 10.3 Å². The van der Waals surface area contributed by atoms with E-state index in [2.05, 4.69) is 20.6 Å². The van der Waals surface area contributed by atoms with Gasteiger partial charge in [-0.2, -0.15) is 0 Å². The maximum atomic E-state index is 11.3. The van der Waals surface area contributed by atoms with Crippen molar-refractivity contribution in [2.24, 2.45) is 0 Å². The topological polar surface area (TPSA) is 84.0 Å². The summed E-state index contributed by atoms with van der Waals surface area (Å²) in [5, 5.41) is 6.99. The van der Waals surface area contributed by atoms with Crippen molar-refractivity contribution in [3.8, 4) is 0 Å². The number of carbonyl (C=O) groups is 2. The van der Waals surface area contributed by atoms with Crippen LogP contribution in [0.25, 0.3) is 0 Å². The average molecular weight is 403 g/mol. The zero-order valence-electron chi connectivity index (χ0n) is 12.6. The molecule has 24 heavy (non-hydrogen) atoms. The van der Waals surface area contributed by atoms with Gasteiger partial charge >= 0.3 is 0 Å². The highest BCUT2D eigenvalue weighted by Crippen LogP contribution is 2.42. The summed E-state index contributed by atoms with van der Waals surface area (Å²) in [6, 6.07) is 6.50. The molecule has 0 unspecified atom stereocenters. The number of hydrogen-bond donors (Lipinski definition) is 2. The highest BCUT2D eigenvalue weighted by molar-refractivity contribution is 8.76. The molecule has 0 bridgehead atoms. The number of nitrogens with one attached hydrogen (secondary N) is 2. The van der Waals surface area contributed by atoms with Gasteiger partial charge in [0, 0.05) is 13.8 Å². The summed E-state index contributed by atoms with van der Waals surface area (Å²) in [4.78, 5) is 31.0. The fourth-order valence-electron chi connectivity index (χ4n) is 1.61. The molecule has 6 nitrogen and oxygen atoms in total. The van der Waals surface area contributed by atoms with Crippen molar-refractivity contribution in [1.82, 2.24) is 9.97 Å². The van der Waals surface area contributed by atoms with Gasteiger partial charge in [-0.15, -0.1) is 0 Å². The SMILES string of the molecule is CC(=O)Nc1ccc(Cl)nc1SSc1nc(Cl)ccc1NC(C)=O. The Kier molecular flexibility index (Phi) is 6.73. The van der Waals surface area contributed by atoms with Crippen LogP contribution in [-0.2, 0) is 9.59 Å². The number of aromatic nitrogens is 2. The Labute approximate surface area is 156 Å². The van der Waals surface area contributed by atoms with E-state index >= 15 is 0 Å². The van der Waals surface area contributed by atoms with Crippen molar-refractivity contribution >= 4 is 68.0 Å². The summed E-state index contributed by atoms with van der Waals surface area (Å²) in [5.41, 5.74) is 1.07. The average Bonchev–Trinajstić information content (AvgIpc) is 2.49. The van der Waals surface area contributed by atoms with Gasteiger partial charge in [0.1, 0.15) is 20.4 Å². The predicted molar refractivity (Wildman–Crippen MR) is 98.8 cm³/mol. The number of nitrogens with zero attached hydrogens (tertiary/aromatic N) is 2. The van der Waals surface area contributed by atoms with E-state index in [1.807, 2.05) is 0 Å². The Morgan fingerprint density at radius 1 is 0.833 bits per heavy atom. The van der Waals surface area contributed by atoms with Crippen LogP contribution in [0.3, 0.4) is 0 Å². The lowest BCUT2D eigenvalue weighted by molar-refractivity contribution is -0.115. The third-order valence-electron chi connectivity index (χ3n) is 2.47. The molecule has 2 aromatic heterocycles. The van der Waals surface area contributed by atoms with Crippen LogP contribution in [0, 0.1) is 0 Å². The summed E-state index contributed by atoms with van der Waals surface area (Å²) >= 11 is 11.8. The first kappa shape index (κ1) is 18.9. The molecule has 0 saturated heterocycles. The highest BCUT2D eigenvalue weighted by atomic mass is 35.5. The van der Waals surface area contributed by atoms with Crippen molar-refractivity contribution in [1.29, 1.82) is 0 Å². The molecule has 0 aliphatic rings. The molecule has 0 aliphatic carbocycles. The van der Waals surface area contributed by atoms with Crippen LogP contribution in [0.15, 0.2) is 34.3 Å². The smallest absolute Gasteiger partial charge is 0.221 e. The lowest BCUT2D eigenvalue weighted by atomic mass is 10.4. The number of pyridine rings is 2. The van der Waals surface area contributed by atoms with Crippen molar-refractivity contribution in [2.75, 3.05) is 10.6 Å². The van der Waals surface area contributed by atoms with E-state index < -0.39 is 0 Å². The van der Waals surface area contributed by atoms with Crippen molar-refractivity contribution in [3.05, 3.63) is 34.6 Å². The molecular weight excluding hydrogens is 391 g/mol. The Balaban J connectivity index is 2.24. The zero-order valence-corrected chi connectivity index (χ0v) is 15.7. The third kappa shape index (κ3) is 5.55. The fraction of sp³-hybridized carbons (Fsp3) is 0.143. The Bertz CT molecular complexity index is 724. The summed E-state index contributed by atoms with van der Waals surface area (Å²) < 4.78 is 0. The Morgan fingerprint density at radius 3 is 1.54 bits per heavy atom. The van der Waals surface area contributed by atoms with E-state index in [0.717, 1.165) is 0 Å². The minimum atomic E-state index is -0.217. The molecule has 126 valence electrons. The Hall–Kier alpha value is -1.48. The highest BCUT2D eigenvalue weighted by Gasteiger charge is 2.13. The molecule has 0 radical (unpaired) electrons. The van der Waals surface area contributed by atoms with Gasteiger partial charge in [0.2, 0.25) is 11.8 Å². The molecule has 2 heterocycles. The first-order valence-electron chi connectivity index (χ1n) is 6.58. The minimum absolute atomic E-state index is 0.217. The molecule has 2 N–H and O–H groups in total. The van der Waals surface area contributed by atoms with Crippen LogP contribution < -0.4 is 10.6 Å². The lowest BCUT2D eigenvalue weighted by Gasteiger charge is -2.10. The zero-order chi connectivity index (χ0) is 17.7. The van der Waals surface area contributed by atoms with Gasteiger partial charge in [-0.3, -0.25) is 9.59 Å². The van der Waals surface area contributed by atoms with Gasteiger partial charge in [-0.1, -0.05) is 23.2 Å². The number of carbonyl (C=O) groups excluding carboxylic acids is 2. The summed E-state index contributed by atoms with van der Waals surface area (Å²) in [6.45, 7) is 2.81. The second kappa shape index (κ2) is 8.57. The molecule has 0 aromatic carbocycles. The van der Waals surface area contributed by atoms with Crippen LogP contribution in [0.1, 0.15) is 13.8 Å². The summed E-state index contributed by atoms with van der Waals surface area (Å²) in [7, 11) is 2.48. The molecule has 0 aliphatic heterocycles. The predicted octanol–water partition coefficient (Wildman–Crippen LogP) is 4.50. The standard InChI is InChI=1S/C14H12Cl2N4O2S2/c1-7(21)17-9-3-5-11(15)19-13(9)23-24-14-10(18-8(2)22)4-6-12(16)20-14/h3-6H,1-2H3,(H,17,21)(H,18,22). The molecule has 10 heteroatoms. The van der Waals surface area contributed by atoms with Crippen molar-refractivity contribution < 1.29 is 9.59 Å². The number of anilines is 2. The molecular formula is C14H12Cl2N4O2S2. The quantitative estimate of drug-likeness (QED) is 0.565. The molecule has 2 aromatic rings. The van der Waals surface area contributed by atoms with Gasteiger partial charge in [0.05, 0.1) is 11.4 Å². The maximum Gasteiger partial charge on any atom is 0.221 e. The van der Waals surface area contributed by atoms with E-state index in [0.29, 0.717) is 31.7 Å². The minimum Gasteiger partial charge on any atom is -0.324 e. The number of hydrogen-bond acceptors (Lipinski definition) is 6.